The Kier molecular flexibility index (Phi) is 5.09. The Hall–Kier alpha value is -1.64. The maximum absolute atomic E-state index is 11.2. The molecule has 0 spiro atoms. The summed E-state index contributed by atoms with van der Waals surface area (Å²) in [4.78, 5) is 10.9. The van der Waals surface area contributed by atoms with Crippen LogP contribution in [0.15, 0.2) is 23.1 Å². The van der Waals surface area contributed by atoms with Gasteiger partial charge in [-0.05, 0) is 38.5 Å². The third kappa shape index (κ3) is 4.48. The van der Waals surface area contributed by atoms with E-state index in [9.17, 15) is 18.3 Å². The number of aliphatic hydroxyl groups excluding tert-OH is 1. The number of benzene rings is 1. The van der Waals surface area contributed by atoms with Crippen molar-refractivity contribution >= 4 is 21.7 Å². The average molecular weight is 302 g/mol. The van der Waals surface area contributed by atoms with E-state index < -0.39 is 22.1 Å². The summed E-state index contributed by atoms with van der Waals surface area (Å²) in [6.07, 6.45) is -0.106. The maximum atomic E-state index is 11.2. The zero-order chi connectivity index (χ0) is 15.5. The molecule has 0 aliphatic heterocycles. The van der Waals surface area contributed by atoms with Crippen molar-refractivity contribution in [2.75, 3.05) is 5.32 Å². The summed E-state index contributed by atoms with van der Waals surface area (Å²) >= 11 is 0. The van der Waals surface area contributed by atoms with Gasteiger partial charge in [0.25, 0.3) is 0 Å². The largest absolute Gasteiger partial charge is 0.478 e. The molecule has 5 N–H and O–H groups in total. The number of carboxylic acid groups (broad SMARTS) is 1. The second-order valence-corrected chi connectivity index (χ2v) is 6.25. The first-order chi connectivity index (χ1) is 9.11. The second kappa shape index (κ2) is 6.21. The molecule has 20 heavy (non-hydrogen) atoms. The lowest BCUT2D eigenvalue weighted by Gasteiger charge is -2.18. The molecule has 1 aromatic carbocycles. The van der Waals surface area contributed by atoms with Crippen molar-refractivity contribution in [1.82, 2.24) is 0 Å². The SMILES string of the molecule is CC(O)CC(C)Nc1ccc(S(N)(=O)=O)cc1C(=O)O. The number of aromatic carboxylic acids is 1. The monoisotopic (exact) mass is 302 g/mol. The molecule has 0 saturated heterocycles. The lowest BCUT2D eigenvalue weighted by Crippen LogP contribution is -2.22. The Bertz CT molecular complexity index is 598. The van der Waals surface area contributed by atoms with Gasteiger partial charge in [0, 0.05) is 11.7 Å². The van der Waals surface area contributed by atoms with Crippen LogP contribution in [0.1, 0.15) is 30.6 Å². The van der Waals surface area contributed by atoms with Gasteiger partial charge in [-0.2, -0.15) is 0 Å². The summed E-state index contributed by atoms with van der Waals surface area (Å²) < 4.78 is 22.4. The third-order valence-electron chi connectivity index (χ3n) is 2.65. The minimum atomic E-state index is -3.95. The average Bonchev–Trinajstić information content (AvgIpc) is 2.26. The zero-order valence-electron chi connectivity index (χ0n) is 11.2. The van der Waals surface area contributed by atoms with Crippen molar-refractivity contribution < 1.29 is 23.4 Å². The number of carbonyl (C=O) groups is 1. The molecule has 1 rings (SSSR count). The lowest BCUT2D eigenvalue weighted by molar-refractivity contribution is 0.0697. The normalized spacial score (nSPS) is 14.6. The predicted molar refractivity (Wildman–Crippen MR) is 74.2 cm³/mol. The first kappa shape index (κ1) is 16.4. The van der Waals surface area contributed by atoms with E-state index in [2.05, 4.69) is 5.32 Å². The Morgan fingerprint density at radius 2 is 2.00 bits per heavy atom. The van der Waals surface area contributed by atoms with E-state index in [4.69, 9.17) is 10.2 Å². The molecule has 0 aliphatic rings. The highest BCUT2D eigenvalue weighted by Crippen LogP contribution is 2.21. The van der Waals surface area contributed by atoms with Gasteiger partial charge >= 0.3 is 5.97 Å². The van der Waals surface area contributed by atoms with Crippen molar-refractivity contribution in [3.63, 3.8) is 0 Å². The Balaban J connectivity index is 3.12. The van der Waals surface area contributed by atoms with Crippen molar-refractivity contribution in [3.05, 3.63) is 23.8 Å². The third-order valence-corrected chi connectivity index (χ3v) is 3.56. The van der Waals surface area contributed by atoms with Crippen LogP contribution in [0.25, 0.3) is 0 Å². The molecular formula is C12H18N2O5S. The maximum Gasteiger partial charge on any atom is 0.337 e. The molecule has 1 aromatic rings. The molecule has 0 amide bonds. The number of hydrogen-bond donors (Lipinski definition) is 4. The molecule has 2 atom stereocenters. The minimum Gasteiger partial charge on any atom is -0.478 e. The quantitative estimate of drug-likeness (QED) is 0.609. The van der Waals surface area contributed by atoms with Crippen LogP contribution in [0, 0.1) is 0 Å². The van der Waals surface area contributed by atoms with Gasteiger partial charge in [-0.3, -0.25) is 0 Å². The fourth-order valence-corrected chi connectivity index (χ4v) is 2.38. The number of rotatable bonds is 6. The molecular weight excluding hydrogens is 284 g/mol. The number of anilines is 1. The molecule has 8 heteroatoms. The van der Waals surface area contributed by atoms with Crippen molar-refractivity contribution in [3.8, 4) is 0 Å². The van der Waals surface area contributed by atoms with Gasteiger partial charge in [-0.25, -0.2) is 18.4 Å². The first-order valence-electron chi connectivity index (χ1n) is 5.96. The zero-order valence-corrected chi connectivity index (χ0v) is 12.0. The second-order valence-electron chi connectivity index (χ2n) is 4.69. The number of sulfonamides is 1. The van der Waals surface area contributed by atoms with Crippen LogP contribution in [0.5, 0.6) is 0 Å². The van der Waals surface area contributed by atoms with Crippen LogP contribution >= 0.6 is 0 Å². The van der Waals surface area contributed by atoms with Crippen molar-refractivity contribution in [2.24, 2.45) is 5.14 Å². The fraction of sp³-hybridized carbons (Fsp3) is 0.417. The van der Waals surface area contributed by atoms with Gasteiger partial charge in [-0.1, -0.05) is 0 Å². The topological polar surface area (TPSA) is 130 Å². The summed E-state index contributed by atoms with van der Waals surface area (Å²) in [5, 5.41) is 26.3. The number of nitrogens with one attached hydrogen (secondary N) is 1. The summed E-state index contributed by atoms with van der Waals surface area (Å²) in [6, 6.07) is 3.42. The Labute approximate surface area is 117 Å². The highest BCUT2D eigenvalue weighted by Gasteiger charge is 2.17. The standard InChI is InChI=1S/C12H18N2O5S/c1-7(5-8(2)15)14-11-4-3-9(20(13,18)19)6-10(11)12(16)17/h3-4,6-8,14-15H,5H2,1-2H3,(H,16,17)(H2,13,18,19). The lowest BCUT2D eigenvalue weighted by atomic mass is 10.1. The van der Waals surface area contributed by atoms with Crippen LogP contribution < -0.4 is 10.5 Å². The predicted octanol–water partition coefficient (Wildman–Crippen LogP) is 0.603. The summed E-state index contributed by atoms with van der Waals surface area (Å²) in [7, 11) is -3.95. The Morgan fingerprint density at radius 3 is 2.45 bits per heavy atom. The van der Waals surface area contributed by atoms with Crippen LogP contribution in [0.3, 0.4) is 0 Å². The van der Waals surface area contributed by atoms with Crippen LogP contribution in [-0.2, 0) is 10.0 Å². The number of carboxylic acids is 1. The molecule has 0 bridgehead atoms. The molecule has 0 heterocycles. The van der Waals surface area contributed by atoms with E-state index in [0.717, 1.165) is 6.07 Å². The first-order valence-corrected chi connectivity index (χ1v) is 7.50. The van der Waals surface area contributed by atoms with Crippen LogP contribution in [-0.4, -0.2) is 36.7 Å². The summed E-state index contributed by atoms with van der Waals surface area (Å²) in [6.45, 7) is 3.41. The van der Waals surface area contributed by atoms with Crippen LogP contribution in [0.4, 0.5) is 5.69 Å². The molecule has 0 aliphatic carbocycles. The number of hydrogen-bond acceptors (Lipinski definition) is 5. The smallest absolute Gasteiger partial charge is 0.337 e. The fourth-order valence-electron chi connectivity index (χ4n) is 1.84. The van der Waals surface area contributed by atoms with E-state index >= 15 is 0 Å². The van der Waals surface area contributed by atoms with E-state index in [0.29, 0.717) is 6.42 Å². The number of aliphatic hydroxyl groups is 1. The molecule has 0 fully saturated rings. The highest BCUT2D eigenvalue weighted by atomic mass is 32.2. The van der Waals surface area contributed by atoms with Gasteiger partial charge in [0.1, 0.15) is 0 Å². The highest BCUT2D eigenvalue weighted by molar-refractivity contribution is 7.89. The number of primary sulfonamides is 1. The van der Waals surface area contributed by atoms with Gasteiger partial charge in [0.05, 0.1) is 16.6 Å². The molecule has 7 nitrogen and oxygen atoms in total. The van der Waals surface area contributed by atoms with Crippen molar-refractivity contribution in [2.45, 2.75) is 37.3 Å². The summed E-state index contributed by atoms with van der Waals surface area (Å²) in [5.74, 6) is -1.26. The summed E-state index contributed by atoms with van der Waals surface area (Å²) in [5.41, 5.74) is 0.0898. The van der Waals surface area contributed by atoms with Gasteiger partial charge in [0.15, 0.2) is 0 Å². The van der Waals surface area contributed by atoms with Gasteiger partial charge in [0.2, 0.25) is 10.0 Å². The molecule has 0 saturated carbocycles. The molecule has 112 valence electrons. The van der Waals surface area contributed by atoms with E-state index in [1.54, 1.807) is 13.8 Å². The van der Waals surface area contributed by atoms with E-state index in [1.807, 2.05) is 0 Å². The van der Waals surface area contributed by atoms with Crippen LogP contribution in [0.2, 0.25) is 0 Å². The number of nitrogens with two attached hydrogens (primary N) is 1. The molecule has 0 radical (unpaired) electrons. The van der Waals surface area contributed by atoms with Gasteiger partial charge in [-0.15, -0.1) is 0 Å². The molecule has 0 aromatic heterocycles. The minimum absolute atomic E-state index is 0.173. The van der Waals surface area contributed by atoms with Crippen molar-refractivity contribution in [1.29, 1.82) is 0 Å². The molecule has 2 unspecified atom stereocenters. The Morgan fingerprint density at radius 1 is 1.40 bits per heavy atom. The van der Waals surface area contributed by atoms with Gasteiger partial charge < -0.3 is 15.5 Å². The van der Waals surface area contributed by atoms with E-state index in [1.165, 1.54) is 12.1 Å². The van der Waals surface area contributed by atoms with E-state index in [-0.39, 0.29) is 22.2 Å².